The van der Waals surface area contributed by atoms with Gasteiger partial charge in [-0.25, -0.2) is 0 Å². The van der Waals surface area contributed by atoms with Gasteiger partial charge in [-0.15, -0.1) is 0 Å². The van der Waals surface area contributed by atoms with E-state index in [0.717, 1.165) is 0 Å². The molecule has 130 valence electrons. The van der Waals surface area contributed by atoms with E-state index in [-0.39, 0.29) is 11.4 Å². The summed E-state index contributed by atoms with van der Waals surface area (Å²) in [5, 5.41) is 5.62. The third-order valence-electron chi connectivity index (χ3n) is 3.46. The summed E-state index contributed by atoms with van der Waals surface area (Å²) in [6.45, 7) is 1.33. The Kier molecular flexibility index (Phi) is 6.17. The topological polar surface area (TPSA) is 76.7 Å². The summed E-state index contributed by atoms with van der Waals surface area (Å²) in [5.41, 5.74) is 1.12. The van der Waals surface area contributed by atoms with Gasteiger partial charge < -0.3 is 20.1 Å². The van der Waals surface area contributed by atoms with Crippen LogP contribution in [0.1, 0.15) is 6.92 Å². The maximum absolute atomic E-state index is 12.5. The summed E-state index contributed by atoms with van der Waals surface area (Å²) >= 11 is 0. The summed E-state index contributed by atoms with van der Waals surface area (Å²) in [6.07, 6.45) is 1.37. The normalized spacial score (nSPS) is 10.8. The molecule has 6 nitrogen and oxygen atoms in total. The van der Waals surface area contributed by atoms with Crippen molar-refractivity contribution in [1.29, 1.82) is 0 Å². The lowest BCUT2D eigenvalue weighted by atomic mass is 10.1. The highest BCUT2D eigenvalue weighted by Crippen LogP contribution is 2.25. The number of ether oxygens (including phenoxy) is 2. The van der Waals surface area contributed by atoms with Crippen molar-refractivity contribution in [3.63, 3.8) is 0 Å². The number of hydrogen-bond acceptors (Lipinski definition) is 5. The van der Waals surface area contributed by atoms with Crippen molar-refractivity contribution < 1.29 is 19.1 Å². The molecule has 0 aliphatic heterocycles. The number of carbonyl (C=O) groups excluding carboxylic acids is 2. The van der Waals surface area contributed by atoms with E-state index in [9.17, 15) is 9.59 Å². The molecular formula is C19H20N2O4. The minimum atomic E-state index is -0.528. The average Bonchev–Trinajstić information content (AvgIpc) is 2.62. The van der Waals surface area contributed by atoms with Crippen molar-refractivity contribution in [2.75, 3.05) is 24.9 Å². The van der Waals surface area contributed by atoms with E-state index >= 15 is 0 Å². The predicted octanol–water partition coefficient (Wildman–Crippen LogP) is 3.23. The molecule has 2 aromatic rings. The number of nitrogens with one attached hydrogen (secondary N) is 2. The molecule has 0 unspecified atom stereocenters. The number of rotatable bonds is 7. The fraction of sp³-hybridized carbons (Fsp3) is 0.158. The molecule has 0 aromatic heterocycles. The van der Waals surface area contributed by atoms with Gasteiger partial charge >= 0.3 is 0 Å². The number of hydrogen-bond donors (Lipinski definition) is 2. The zero-order valence-electron chi connectivity index (χ0n) is 14.3. The maximum Gasteiger partial charge on any atom is 0.260 e. The van der Waals surface area contributed by atoms with Crippen LogP contribution in [0.4, 0.5) is 11.4 Å². The lowest BCUT2D eigenvalue weighted by Crippen LogP contribution is -2.20. The SMILES string of the molecule is COc1ccccc1NC=C(C(C)=O)C(=O)Nc1ccccc1OC. The third kappa shape index (κ3) is 4.60. The molecule has 0 radical (unpaired) electrons. The minimum absolute atomic E-state index is 0.0168. The molecule has 6 heteroatoms. The average molecular weight is 340 g/mol. The second-order valence-corrected chi connectivity index (χ2v) is 5.11. The minimum Gasteiger partial charge on any atom is -0.495 e. The Bertz CT molecular complexity index is 800. The van der Waals surface area contributed by atoms with Crippen LogP contribution >= 0.6 is 0 Å². The van der Waals surface area contributed by atoms with Gasteiger partial charge in [0.2, 0.25) is 0 Å². The van der Waals surface area contributed by atoms with Gasteiger partial charge in [0.1, 0.15) is 11.5 Å². The van der Waals surface area contributed by atoms with E-state index in [1.807, 2.05) is 12.1 Å². The molecular weight excluding hydrogens is 320 g/mol. The molecule has 25 heavy (non-hydrogen) atoms. The molecule has 2 N–H and O–H groups in total. The highest BCUT2D eigenvalue weighted by atomic mass is 16.5. The number of anilines is 2. The van der Waals surface area contributed by atoms with Gasteiger partial charge in [-0.3, -0.25) is 9.59 Å². The van der Waals surface area contributed by atoms with Crippen LogP contribution in [0.2, 0.25) is 0 Å². The molecule has 0 atom stereocenters. The van der Waals surface area contributed by atoms with Crippen molar-refractivity contribution in [2.24, 2.45) is 0 Å². The quantitative estimate of drug-likeness (QED) is 0.460. The molecule has 0 saturated carbocycles. The van der Waals surface area contributed by atoms with Gasteiger partial charge in [0, 0.05) is 6.20 Å². The van der Waals surface area contributed by atoms with Gasteiger partial charge in [-0.1, -0.05) is 24.3 Å². The molecule has 2 rings (SSSR count). The Balaban J connectivity index is 2.22. The highest BCUT2D eigenvalue weighted by Gasteiger charge is 2.16. The van der Waals surface area contributed by atoms with Gasteiger partial charge in [0.25, 0.3) is 5.91 Å². The van der Waals surface area contributed by atoms with E-state index < -0.39 is 5.91 Å². The third-order valence-corrected chi connectivity index (χ3v) is 3.46. The van der Waals surface area contributed by atoms with E-state index in [2.05, 4.69) is 10.6 Å². The van der Waals surface area contributed by atoms with Crippen molar-refractivity contribution in [2.45, 2.75) is 6.92 Å². The molecule has 0 aliphatic rings. The van der Waals surface area contributed by atoms with Gasteiger partial charge in [0.15, 0.2) is 5.78 Å². The second-order valence-electron chi connectivity index (χ2n) is 5.11. The first-order valence-electron chi connectivity index (χ1n) is 7.62. The van der Waals surface area contributed by atoms with Crippen LogP contribution in [0.25, 0.3) is 0 Å². The number of Topliss-reactive ketones (excluding diaryl/α,β-unsaturated/α-hetero) is 1. The fourth-order valence-corrected chi connectivity index (χ4v) is 2.18. The molecule has 0 spiro atoms. The number of carbonyl (C=O) groups is 2. The van der Waals surface area contributed by atoms with Crippen LogP contribution in [-0.4, -0.2) is 25.9 Å². The summed E-state index contributed by atoms with van der Waals surface area (Å²) in [4.78, 5) is 24.3. The lowest BCUT2D eigenvalue weighted by Gasteiger charge is -2.12. The van der Waals surface area contributed by atoms with Crippen LogP contribution in [-0.2, 0) is 9.59 Å². The van der Waals surface area contributed by atoms with Gasteiger partial charge in [0.05, 0.1) is 31.2 Å². The molecule has 0 fully saturated rings. The first kappa shape index (κ1) is 18.1. The smallest absolute Gasteiger partial charge is 0.260 e. The Hall–Kier alpha value is -3.28. The molecule has 0 bridgehead atoms. The van der Waals surface area contributed by atoms with Crippen LogP contribution < -0.4 is 20.1 Å². The monoisotopic (exact) mass is 340 g/mol. The van der Waals surface area contributed by atoms with Crippen molar-refractivity contribution in [3.8, 4) is 11.5 Å². The van der Waals surface area contributed by atoms with E-state index in [1.54, 1.807) is 43.5 Å². The Morgan fingerprint density at radius 2 is 1.40 bits per heavy atom. The first-order chi connectivity index (χ1) is 12.1. The number of ketones is 1. The Morgan fingerprint density at radius 1 is 0.880 bits per heavy atom. The first-order valence-corrected chi connectivity index (χ1v) is 7.62. The number of para-hydroxylation sites is 4. The van der Waals surface area contributed by atoms with Crippen LogP contribution in [0.15, 0.2) is 60.3 Å². The molecule has 1 amide bonds. The lowest BCUT2D eigenvalue weighted by molar-refractivity contribution is -0.118. The second kappa shape index (κ2) is 8.54. The van der Waals surface area contributed by atoms with Gasteiger partial charge in [-0.05, 0) is 31.2 Å². The van der Waals surface area contributed by atoms with Crippen LogP contribution in [0, 0.1) is 0 Å². The Labute approximate surface area is 146 Å². The van der Waals surface area contributed by atoms with Gasteiger partial charge in [-0.2, -0.15) is 0 Å². The highest BCUT2D eigenvalue weighted by molar-refractivity contribution is 6.23. The van der Waals surface area contributed by atoms with E-state index in [4.69, 9.17) is 9.47 Å². The fourth-order valence-electron chi connectivity index (χ4n) is 2.18. The van der Waals surface area contributed by atoms with Crippen molar-refractivity contribution in [3.05, 3.63) is 60.3 Å². The number of methoxy groups -OCH3 is 2. The van der Waals surface area contributed by atoms with Crippen molar-refractivity contribution >= 4 is 23.1 Å². The van der Waals surface area contributed by atoms with Crippen molar-refractivity contribution in [1.82, 2.24) is 0 Å². The van der Waals surface area contributed by atoms with E-state index in [1.165, 1.54) is 20.2 Å². The summed E-state index contributed by atoms with van der Waals surface area (Å²) in [6, 6.07) is 14.2. The molecule has 0 heterocycles. The summed E-state index contributed by atoms with van der Waals surface area (Å²) in [7, 11) is 3.06. The summed E-state index contributed by atoms with van der Waals surface area (Å²) < 4.78 is 10.4. The number of benzene rings is 2. The number of amides is 1. The predicted molar refractivity (Wildman–Crippen MR) is 97.0 cm³/mol. The summed E-state index contributed by atoms with van der Waals surface area (Å²) in [5.74, 6) is 0.220. The molecule has 2 aromatic carbocycles. The zero-order chi connectivity index (χ0) is 18.2. The zero-order valence-corrected chi connectivity index (χ0v) is 14.3. The molecule has 0 aliphatic carbocycles. The Morgan fingerprint density at radius 3 is 1.96 bits per heavy atom. The van der Waals surface area contributed by atoms with Crippen LogP contribution in [0.5, 0.6) is 11.5 Å². The largest absolute Gasteiger partial charge is 0.495 e. The van der Waals surface area contributed by atoms with E-state index in [0.29, 0.717) is 22.9 Å². The maximum atomic E-state index is 12.5. The standard InChI is InChI=1S/C19H20N2O4/c1-13(22)14(12-20-15-8-4-6-10-17(15)24-2)19(23)21-16-9-5-7-11-18(16)25-3/h4-12,20H,1-3H3,(H,21,23). The van der Waals surface area contributed by atoms with Crippen LogP contribution in [0.3, 0.4) is 0 Å². The molecule has 0 saturated heterocycles.